The minimum atomic E-state index is -1.06. The first-order chi connectivity index (χ1) is 20.4. The van der Waals surface area contributed by atoms with E-state index in [1.165, 1.54) is 11.0 Å². The molecule has 44 heavy (non-hydrogen) atoms. The van der Waals surface area contributed by atoms with Crippen LogP contribution >= 0.6 is 0 Å². The average molecular weight is 616 g/mol. The van der Waals surface area contributed by atoms with Crippen molar-refractivity contribution in [1.29, 1.82) is 0 Å². The number of esters is 1. The van der Waals surface area contributed by atoms with Crippen LogP contribution < -0.4 is 21.3 Å². The quantitative estimate of drug-likeness (QED) is 0.0997. The molecule has 0 spiro atoms. The second-order valence-electron chi connectivity index (χ2n) is 13.6. The number of carbonyl (C=O) groups excluding carboxylic acids is 6. The van der Waals surface area contributed by atoms with Gasteiger partial charge < -0.3 is 30.9 Å². The van der Waals surface area contributed by atoms with E-state index in [2.05, 4.69) is 33.8 Å². The van der Waals surface area contributed by atoms with Gasteiger partial charge in [-0.1, -0.05) is 73.8 Å². The van der Waals surface area contributed by atoms with Crippen molar-refractivity contribution in [2.75, 3.05) is 19.7 Å². The summed E-state index contributed by atoms with van der Waals surface area (Å²) in [4.78, 5) is 80.3. The average Bonchev–Trinajstić information content (AvgIpc) is 3.26. The Hall–Kier alpha value is -3.88. The molecular formula is C32H49N5O7. The predicted octanol–water partition coefficient (Wildman–Crippen LogP) is 1.54. The maximum Gasteiger partial charge on any atom is 0.329 e. The number of Topliss-reactive ketones (excluding diaryl/α,β-unsaturated/α-hetero) is 1. The number of hydrogen-bond donors (Lipinski definition) is 4. The van der Waals surface area contributed by atoms with E-state index in [9.17, 15) is 28.8 Å². The number of amides is 5. The number of ether oxygens (including phenoxy) is 1. The van der Waals surface area contributed by atoms with Gasteiger partial charge in [-0.25, -0.2) is 9.59 Å². The maximum absolute atomic E-state index is 14.1. The summed E-state index contributed by atoms with van der Waals surface area (Å²) in [6.45, 7) is 18.4. The second-order valence-corrected chi connectivity index (χ2v) is 13.6. The molecule has 1 aliphatic heterocycles. The molecule has 0 aromatic carbocycles. The Bertz CT molecular complexity index is 1180. The van der Waals surface area contributed by atoms with E-state index < -0.39 is 65.1 Å². The fraction of sp³-hybridized carbons (Fsp3) is 0.688. The number of likely N-dealkylation sites (tertiary alicyclic amines) is 1. The number of ketones is 1. The summed E-state index contributed by atoms with van der Waals surface area (Å²) in [6, 6.07) is -4.78. The Morgan fingerprint density at radius 3 is 2.27 bits per heavy atom. The van der Waals surface area contributed by atoms with Gasteiger partial charge in [-0.2, -0.15) is 0 Å². The van der Waals surface area contributed by atoms with Crippen molar-refractivity contribution >= 4 is 35.5 Å². The molecule has 1 saturated carbocycles. The van der Waals surface area contributed by atoms with Gasteiger partial charge in [0, 0.05) is 13.1 Å². The van der Waals surface area contributed by atoms with E-state index in [0.717, 1.165) is 0 Å². The van der Waals surface area contributed by atoms with Gasteiger partial charge in [0.15, 0.2) is 6.61 Å². The van der Waals surface area contributed by atoms with Crippen LogP contribution in [0.3, 0.4) is 0 Å². The van der Waals surface area contributed by atoms with Crippen LogP contribution in [-0.2, 0) is 28.7 Å². The van der Waals surface area contributed by atoms with Crippen molar-refractivity contribution in [3.8, 4) is 12.3 Å². The third-order valence-corrected chi connectivity index (χ3v) is 8.49. The van der Waals surface area contributed by atoms with Crippen LogP contribution in [0.2, 0.25) is 0 Å². The highest BCUT2D eigenvalue weighted by molar-refractivity contribution is 6.38. The lowest BCUT2D eigenvalue weighted by Crippen LogP contribution is -2.62. The first-order valence-electron chi connectivity index (χ1n) is 15.1. The van der Waals surface area contributed by atoms with Gasteiger partial charge in [-0.15, -0.1) is 13.0 Å². The molecule has 0 bridgehead atoms. The first-order valence-corrected chi connectivity index (χ1v) is 15.1. The van der Waals surface area contributed by atoms with E-state index >= 15 is 0 Å². The molecule has 2 unspecified atom stereocenters. The predicted molar refractivity (Wildman–Crippen MR) is 165 cm³/mol. The molecule has 244 valence electrons. The fourth-order valence-corrected chi connectivity index (χ4v) is 5.87. The van der Waals surface area contributed by atoms with Gasteiger partial charge in [0.1, 0.15) is 18.1 Å². The van der Waals surface area contributed by atoms with Gasteiger partial charge in [0.05, 0.1) is 6.04 Å². The summed E-state index contributed by atoms with van der Waals surface area (Å²) < 4.78 is 5.00. The number of piperidine rings is 1. The maximum atomic E-state index is 14.1. The number of rotatable bonds is 14. The molecule has 1 saturated heterocycles. The van der Waals surface area contributed by atoms with E-state index in [1.54, 1.807) is 34.6 Å². The zero-order chi connectivity index (χ0) is 33.6. The minimum Gasteiger partial charge on any atom is -0.451 e. The molecule has 2 fully saturated rings. The number of fused-ring (bicyclic) bond motifs is 1. The third-order valence-electron chi connectivity index (χ3n) is 8.49. The summed E-state index contributed by atoms with van der Waals surface area (Å²) in [5, 5.41) is 10.5. The highest BCUT2D eigenvalue weighted by Crippen LogP contribution is 2.65. The molecule has 5 amide bonds. The van der Waals surface area contributed by atoms with Crippen LogP contribution in [0.4, 0.5) is 4.79 Å². The van der Waals surface area contributed by atoms with Gasteiger partial charge in [0.25, 0.3) is 5.91 Å². The summed E-state index contributed by atoms with van der Waals surface area (Å²) in [5.74, 6) is -1.50. The molecule has 0 aromatic heterocycles. The van der Waals surface area contributed by atoms with Crippen molar-refractivity contribution in [3.05, 3.63) is 12.7 Å². The molecule has 1 aliphatic carbocycles. The van der Waals surface area contributed by atoms with Gasteiger partial charge in [-0.05, 0) is 35.0 Å². The summed E-state index contributed by atoms with van der Waals surface area (Å²) in [5.41, 5.74) is -0.991. The minimum absolute atomic E-state index is 0.0455. The van der Waals surface area contributed by atoms with Gasteiger partial charge in [-0.3, -0.25) is 19.2 Å². The van der Waals surface area contributed by atoms with E-state index in [0.29, 0.717) is 13.0 Å². The Morgan fingerprint density at radius 2 is 1.75 bits per heavy atom. The van der Waals surface area contributed by atoms with Crippen molar-refractivity contribution in [2.24, 2.45) is 28.6 Å². The lowest BCUT2D eigenvalue weighted by atomic mass is 9.85. The monoisotopic (exact) mass is 615 g/mol. The molecule has 2 rings (SSSR count). The zero-order valence-corrected chi connectivity index (χ0v) is 27.2. The van der Waals surface area contributed by atoms with Crippen molar-refractivity contribution in [2.45, 2.75) is 92.4 Å². The third kappa shape index (κ3) is 8.39. The van der Waals surface area contributed by atoms with Crippen LogP contribution in [0.5, 0.6) is 0 Å². The zero-order valence-electron chi connectivity index (χ0n) is 27.2. The van der Waals surface area contributed by atoms with Crippen LogP contribution in [0.25, 0.3) is 0 Å². The summed E-state index contributed by atoms with van der Waals surface area (Å²) in [6.07, 6.45) is 7.41. The van der Waals surface area contributed by atoms with Crippen LogP contribution in [0.15, 0.2) is 12.7 Å². The molecule has 4 N–H and O–H groups in total. The Kier molecular flexibility index (Phi) is 12.2. The standard InChI is InChI=1S/C32H49N5O7/c1-11-14-20(24(38)27(40)33-15-12-2)34-26(39)23-21-19(32(21,9)10)17-37(23)28(41)25(31(6,7)8)36-30(43)35-22(18(4)5)29(42)44-16-13-3/h3,12,18-23,25H,2,11,14-17H2,1,4-10H3,(H,33,40)(H,34,39)(H2,35,36,43)/t19-,20?,21-,22?,23-,25+/m0/s1. The van der Waals surface area contributed by atoms with E-state index in [-0.39, 0.29) is 42.7 Å². The molecule has 0 aromatic rings. The Balaban J connectivity index is 2.30. The molecule has 0 radical (unpaired) electrons. The van der Waals surface area contributed by atoms with E-state index in [4.69, 9.17) is 11.2 Å². The Morgan fingerprint density at radius 1 is 1.11 bits per heavy atom. The number of hydrogen-bond acceptors (Lipinski definition) is 7. The van der Waals surface area contributed by atoms with Crippen LogP contribution in [0.1, 0.15) is 68.2 Å². The van der Waals surface area contributed by atoms with E-state index in [1.807, 2.05) is 20.8 Å². The van der Waals surface area contributed by atoms with Crippen LogP contribution in [0, 0.1) is 40.9 Å². The molecular weight excluding hydrogens is 566 g/mol. The van der Waals surface area contributed by atoms with Crippen molar-refractivity contribution in [3.63, 3.8) is 0 Å². The van der Waals surface area contributed by atoms with Crippen molar-refractivity contribution < 1.29 is 33.5 Å². The topological polar surface area (TPSA) is 163 Å². The largest absolute Gasteiger partial charge is 0.451 e. The van der Waals surface area contributed by atoms with Crippen molar-refractivity contribution in [1.82, 2.24) is 26.2 Å². The fourth-order valence-electron chi connectivity index (χ4n) is 5.87. The molecule has 12 nitrogen and oxygen atoms in total. The molecule has 6 atom stereocenters. The number of nitrogens with one attached hydrogen (secondary N) is 4. The Labute approximate surface area is 260 Å². The lowest BCUT2D eigenvalue weighted by Gasteiger charge is -2.38. The molecule has 2 aliphatic rings. The highest BCUT2D eigenvalue weighted by atomic mass is 16.5. The first kappa shape index (κ1) is 36.3. The number of carbonyl (C=O) groups is 6. The normalized spacial score (nSPS) is 21.9. The highest BCUT2D eigenvalue weighted by Gasteiger charge is 2.70. The number of terminal acetylenes is 1. The number of nitrogens with zero attached hydrogens (tertiary/aromatic N) is 1. The lowest BCUT2D eigenvalue weighted by molar-refractivity contribution is -0.145. The van der Waals surface area contributed by atoms with Gasteiger partial charge in [0.2, 0.25) is 17.6 Å². The van der Waals surface area contributed by atoms with Crippen LogP contribution in [-0.4, -0.2) is 84.3 Å². The summed E-state index contributed by atoms with van der Waals surface area (Å²) in [7, 11) is 0. The molecule has 12 heteroatoms. The molecule has 1 heterocycles. The SMILES string of the molecule is C#CCOC(=O)C(NC(=O)N[C@H](C(=O)N1C[C@H]2[C@@H]([C@H]1C(=O)NC(CCC)C(=O)C(=O)NCC=C)C2(C)C)C(C)(C)C)C(C)C. The summed E-state index contributed by atoms with van der Waals surface area (Å²) >= 11 is 0. The van der Waals surface area contributed by atoms with Gasteiger partial charge >= 0.3 is 12.0 Å². The second kappa shape index (κ2) is 14.7. The smallest absolute Gasteiger partial charge is 0.329 e. The number of urea groups is 1.